The van der Waals surface area contributed by atoms with E-state index in [1.807, 2.05) is 20.9 Å². The van der Waals surface area contributed by atoms with Gasteiger partial charge >= 0.3 is 5.97 Å². The van der Waals surface area contributed by atoms with Crippen LogP contribution < -0.4 is 5.32 Å². The van der Waals surface area contributed by atoms with Gasteiger partial charge in [-0.3, -0.25) is 9.48 Å². The molecule has 6 nitrogen and oxygen atoms in total. The Balaban J connectivity index is 2.08. The average Bonchev–Trinajstić information content (AvgIpc) is 2.74. The van der Waals surface area contributed by atoms with E-state index in [1.165, 1.54) is 0 Å². The molecule has 0 radical (unpaired) electrons. The van der Waals surface area contributed by atoms with Gasteiger partial charge < -0.3 is 10.1 Å². The van der Waals surface area contributed by atoms with E-state index in [1.54, 1.807) is 35.9 Å². The Morgan fingerprint density at radius 3 is 2.65 bits per heavy atom. The largest absolute Gasteiger partial charge is 0.462 e. The Morgan fingerprint density at radius 1 is 1.30 bits per heavy atom. The molecule has 0 aliphatic carbocycles. The Bertz CT molecular complexity index is 735. The Morgan fingerprint density at radius 2 is 2.04 bits per heavy atom. The summed E-state index contributed by atoms with van der Waals surface area (Å²) < 4.78 is 6.72. The van der Waals surface area contributed by atoms with E-state index in [4.69, 9.17) is 4.74 Å². The van der Waals surface area contributed by atoms with Gasteiger partial charge in [-0.15, -0.1) is 0 Å². The molecular weight excluding hydrogens is 294 g/mol. The number of nitrogens with one attached hydrogen (secondary N) is 1. The molecule has 0 unspecified atom stereocenters. The van der Waals surface area contributed by atoms with Crippen molar-refractivity contribution in [2.75, 3.05) is 11.9 Å². The first-order valence-electron chi connectivity index (χ1n) is 7.48. The predicted molar refractivity (Wildman–Crippen MR) is 87.4 cm³/mol. The van der Waals surface area contributed by atoms with E-state index in [0.717, 1.165) is 17.0 Å². The van der Waals surface area contributed by atoms with E-state index >= 15 is 0 Å². The van der Waals surface area contributed by atoms with Crippen LogP contribution in [0.1, 0.15) is 34.2 Å². The molecule has 1 amide bonds. The molecule has 2 aromatic rings. The molecule has 1 N–H and O–H groups in total. The maximum Gasteiger partial charge on any atom is 0.338 e. The quantitative estimate of drug-likeness (QED) is 0.860. The van der Waals surface area contributed by atoms with Crippen molar-refractivity contribution in [3.8, 4) is 0 Å². The summed E-state index contributed by atoms with van der Waals surface area (Å²) in [6.07, 6.45) is 0.245. The lowest BCUT2D eigenvalue weighted by Gasteiger charge is -2.08. The van der Waals surface area contributed by atoms with Crippen LogP contribution in [0.15, 0.2) is 24.3 Å². The second-order valence-corrected chi connectivity index (χ2v) is 5.30. The monoisotopic (exact) mass is 315 g/mol. The number of nitrogens with zero attached hydrogens (tertiary/aromatic N) is 2. The zero-order valence-electron chi connectivity index (χ0n) is 13.8. The number of rotatable bonds is 5. The molecule has 6 heteroatoms. The normalized spacial score (nSPS) is 10.4. The standard InChI is InChI=1S/C17H21N3O3/c1-5-23-17(22)13-7-6-8-14(9-13)18-16(21)10-15-11(2)19-20(4)12(15)3/h6-9H,5,10H2,1-4H3,(H,18,21). The number of carbonyl (C=O) groups excluding carboxylic acids is 2. The number of esters is 1. The Kier molecular flexibility index (Phi) is 5.16. The van der Waals surface area contributed by atoms with Crippen molar-refractivity contribution in [1.82, 2.24) is 9.78 Å². The first kappa shape index (κ1) is 16.7. The van der Waals surface area contributed by atoms with Crippen molar-refractivity contribution in [1.29, 1.82) is 0 Å². The summed E-state index contributed by atoms with van der Waals surface area (Å²) in [7, 11) is 1.85. The highest BCUT2D eigenvalue weighted by Gasteiger charge is 2.14. The number of aromatic nitrogens is 2. The summed E-state index contributed by atoms with van der Waals surface area (Å²) in [5.74, 6) is -0.548. The number of amides is 1. The van der Waals surface area contributed by atoms with Crippen molar-refractivity contribution in [2.45, 2.75) is 27.2 Å². The maximum atomic E-state index is 12.2. The molecule has 0 fully saturated rings. The number of ether oxygens (including phenoxy) is 1. The van der Waals surface area contributed by atoms with Crippen molar-refractivity contribution >= 4 is 17.6 Å². The first-order valence-corrected chi connectivity index (χ1v) is 7.48. The molecule has 23 heavy (non-hydrogen) atoms. The fraction of sp³-hybridized carbons (Fsp3) is 0.353. The van der Waals surface area contributed by atoms with Crippen LogP contribution in [-0.4, -0.2) is 28.3 Å². The lowest BCUT2D eigenvalue weighted by atomic mass is 10.1. The third-order valence-corrected chi connectivity index (χ3v) is 3.65. The molecule has 0 bridgehead atoms. The molecule has 0 aliphatic rings. The van der Waals surface area contributed by atoms with Gasteiger partial charge in [0.2, 0.25) is 5.91 Å². The van der Waals surface area contributed by atoms with Crippen LogP contribution in [0.25, 0.3) is 0 Å². The molecule has 2 rings (SSSR count). The van der Waals surface area contributed by atoms with Gasteiger partial charge in [0, 0.05) is 24.0 Å². The van der Waals surface area contributed by atoms with E-state index < -0.39 is 5.97 Å². The van der Waals surface area contributed by atoms with E-state index in [-0.39, 0.29) is 12.3 Å². The van der Waals surface area contributed by atoms with Gasteiger partial charge in [0.15, 0.2) is 0 Å². The molecule has 0 aliphatic heterocycles. The van der Waals surface area contributed by atoms with Gasteiger partial charge in [0.25, 0.3) is 0 Å². The van der Waals surface area contributed by atoms with Crippen LogP contribution in [0.3, 0.4) is 0 Å². The molecule has 1 aromatic heterocycles. The highest BCUT2D eigenvalue weighted by molar-refractivity contribution is 5.95. The van der Waals surface area contributed by atoms with Crippen molar-refractivity contribution in [3.05, 3.63) is 46.8 Å². The van der Waals surface area contributed by atoms with Crippen LogP contribution in [0, 0.1) is 13.8 Å². The van der Waals surface area contributed by atoms with Crippen LogP contribution in [0.2, 0.25) is 0 Å². The fourth-order valence-electron chi connectivity index (χ4n) is 2.38. The molecule has 0 spiro atoms. The molecule has 1 aromatic carbocycles. The number of anilines is 1. The van der Waals surface area contributed by atoms with Crippen LogP contribution in [0.4, 0.5) is 5.69 Å². The van der Waals surface area contributed by atoms with E-state index in [2.05, 4.69) is 10.4 Å². The minimum atomic E-state index is -0.400. The van der Waals surface area contributed by atoms with Gasteiger partial charge in [0.05, 0.1) is 24.3 Å². The Labute approximate surface area is 135 Å². The molecule has 0 saturated heterocycles. The van der Waals surface area contributed by atoms with E-state index in [0.29, 0.717) is 17.9 Å². The van der Waals surface area contributed by atoms with E-state index in [9.17, 15) is 9.59 Å². The second kappa shape index (κ2) is 7.09. The van der Waals surface area contributed by atoms with Gasteiger partial charge in [-0.25, -0.2) is 4.79 Å². The van der Waals surface area contributed by atoms with Crippen molar-refractivity contribution in [2.24, 2.45) is 7.05 Å². The number of benzene rings is 1. The lowest BCUT2D eigenvalue weighted by molar-refractivity contribution is -0.115. The van der Waals surface area contributed by atoms with Crippen LogP contribution >= 0.6 is 0 Å². The number of carbonyl (C=O) groups is 2. The van der Waals surface area contributed by atoms with Crippen LogP contribution in [0.5, 0.6) is 0 Å². The number of hydrogen-bond acceptors (Lipinski definition) is 4. The summed E-state index contributed by atoms with van der Waals surface area (Å²) in [4.78, 5) is 24.0. The Hall–Kier alpha value is -2.63. The third-order valence-electron chi connectivity index (χ3n) is 3.65. The smallest absolute Gasteiger partial charge is 0.338 e. The summed E-state index contributed by atoms with van der Waals surface area (Å²) in [5, 5.41) is 7.11. The van der Waals surface area contributed by atoms with Crippen LogP contribution in [-0.2, 0) is 23.0 Å². The highest BCUT2D eigenvalue weighted by Crippen LogP contribution is 2.15. The van der Waals surface area contributed by atoms with Gasteiger partial charge in [-0.1, -0.05) is 6.07 Å². The number of aryl methyl sites for hydroxylation is 2. The first-order chi connectivity index (χ1) is 10.9. The minimum absolute atomic E-state index is 0.148. The number of hydrogen-bond donors (Lipinski definition) is 1. The molecular formula is C17H21N3O3. The summed E-state index contributed by atoms with van der Waals surface area (Å²) >= 11 is 0. The third kappa shape index (κ3) is 3.97. The molecule has 0 atom stereocenters. The zero-order valence-corrected chi connectivity index (χ0v) is 13.8. The summed E-state index contributed by atoms with van der Waals surface area (Å²) in [6, 6.07) is 6.72. The summed E-state index contributed by atoms with van der Waals surface area (Å²) in [5.41, 5.74) is 3.73. The van der Waals surface area contributed by atoms with Crippen molar-refractivity contribution in [3.63, 3.8) is 0 Å². The highest BCUT2D eigenvalue weighted by atomic mass is 16.5. The topological polar surface area (TPSA) is 73.2 Å². The second-order valence-electron chi connectivity index (χ2n) is 5.30. The fourth-order valence-corrected chi connectivity index (χ4v) is 2.38. The van der Waals surface area contributed by atoms with Gasteiger partial charge in [0.1, 0.15) is 0 Å². The minimum Gasteiger partial charge on any atom is -0.462 e. The van der Waals surface area contributed by atoms with Gasteiger partial charge in [-0.2, -0.15) is 5.10 Å². The predicted octanol–water partition coefficient (Wildman–Crippen LogP) is 2.39. The zero-order chi connectivity index (χ0) is 17.0. The lowest BCUT2D eigenvalue weighted by Crippen LogP contribution is -2.16. The molecule has 1 heterocycles. The molecule has 0 saturated carbocycles. The average molecular weight is 315 g/mol. The maximum absolute atomic E-state index is 12.2. The molecule has 122 valence electrons. The van der Waals surface area contributed by atoms with Gasteiger partial charge in [-0.05, 0) is 39.0 Å². The van der Waals surface area contributed by atoms with Crippen molar-refractivity contribution < 1.29 is 14.3 Å². The SMILES string of the molecule is CCOC(=O)c1cccc(NC(=O)Cc2c(C)nn(C)c2C)c1. The summed E-state index contributed by atoms with van der Waals surface area (Å²) in [6.45, 7) is 5.89.